The van der Waals surface area contributed by atoms with E-state index in [9.17, 15) is 0 Å². The lowest BCUT2D eigenvalue weighted by Crippen LogP contribution is -2.22. The Hall–Kier alpha value is -1.10. The molecule has 0 spiro atoms. The first-order chi connectivity index (χ1) is 9.63. The Morgan fingerprint density at radius 2 is 2.10 bits per heavy atom. The summed E-state index contributed by atoms with van der Waals surface area (Å²) in [7, 11) is 0. The van der Waals surface area contributed by atoms with Gasteiger partial charge in [-0.2, -0.15) is 4.98 Å². The van der Waals surface area contributed by atoms with Crippen LogP contribution in [-0.2, 0) is 6.42 Å². The highest BCUT2D eigenvalue weighted by atomic mass is 35.5. The molecule has 3 rings (SSSR count). The van der Waals surface area contributed by atoms with E-state index in [1.807, 2.05) is 12.1 Å². The maximum absolute atomic E-state index is 6.05. The van der Waals surface area contributed by atoms with Crippen LogP contribution in [0.25, 0.3) is 0 Å². The van der Waals surface area contributed by atoms with Crippen molar-refractivity contribution in [3.05, 3.63) is 45.5 Å². The minimum absolute atomic E-state index is 0.133. The zero-order valence-corrected chi connectivity index (χ0v) is 12.4. The quantitative estimate of drug-likeness (QED) is 0.941. The molecule has 2 aromatic rings. The fourth-order valence-corrected chi connectivity index (χ4v) is 2.94. The Morgan fingerprint density at radius 1 is 1.25 bits per heavy atom. The van der Waals surface area contributed by atoms with Crippen molar-refractivity contribution in [1.29, 1.82) is 0 Å². The average molecular weight is 312 g/mol. The molecule has 1 fully saturated rings. The summed E-state index contributed by atoms with van der Waals surface area (Å²) in [6, 6.07) is 5.63. The van der Waals surface area contributed by atoms with Crippen molar-refractivity contribution in [3.63, 3.8) is 0 Å². The van der Waals surface area contributed by atoms with Gasteiger partial charge in [0.2, 0.25) is 5.89 Å². The van der Waals surface area contributed by atoms with E-state index in [2.05, 4.69) is 10.1 Å². The summed E-state index contributed by atoms with van der Waals surface area (Å²) in [6.07, 6.45) is 3.74. The Labute approximate surface area is 127 Å². The van der Waals surface area contributed by atoms with Gasteiger partial charge in [-0.15, -0.1) is 0 Å². The first-order valence-electron chi connectivity index (χ1n) is 6.65. The molecule has 1 aliphatic rings. The Bertz CT molecular complexity index is 614. The van der Waals surface area contributed by atoms with E-state index in [4.69, 9.17) is 33.5 Å². The van der Waals surface area contributed by atoms with Gasteiger partial charge in [0, 0.05) is 12.5 Å². The van der Waals surface area contributed by atoms with E-state index in [0.717, 1.165) is 24.8 Å². The zero-order chi connectivity index (χ0) is 14.1. The molecule has 0 saturated heterocycles. The summed E-state index contributed by atoms with van der Waals surface area (Å²) in [5, 5.41) is 5.10. The minimum atomic E-state index is 0.133. The van der Waals surface area contributed by atoms with Crippen LogP contribution in [-0.4, -0.2) is 16.2 Å². The molecule has 2 unspecified atom stereocenters. The van der Waals surface area contributed by atoms with Crippen LogP contribution in [0.1, 0.15) is 42.5 Å². The average Bonchev–Trinajstić information content (AvgIpc) is 3.03. The normalized spacial score (nSPS) is 22.4. The van der Waals surface area contributed by atoms with Crippen molar-refractivity contribution in [2.45, 2.75) is 37.6 Å². The van der Waals surface area contributed by atoms with Crippen LogP contribution in [0.4, 0.5) is 0 Å². The van der Waals surface area contributed by atoms with Gasteiger partial charge in [-0.3, -0.25) is 0 Å². The Balaban J connectivity index is 1.75. The Morgan fingerprint density at radius 3 is 2.80 bits per heavy atom. The molecule has 0 aliphatic heterocycles. The highest BCUT2D eigenvalue weighted by molar-refractivity contribution is 6.42. The fourth-order valence-electron chi connectivity index (χ4n) is 2.62. The van der Waals surface area contributed by atoms with Crippen LogP contribution in [0, 0.1) is 0 Å². The molecular formula is C14H15Cl2N3O. The van der Waals surface area contributed by atoms with Crippen molar-refractivity contribution in [2.75, 3.05) is 0 Å². The predicted octanol–water partition coefficient (Wildman–Crippen LogP) is 3.56. The summed E-state index contributed by atoms with van der Waals surface area (Å²) in [6.45, 7) is 0. The van der Waals surface area contributed by atoms with Gasteiger partial charge >= 0.3 is 0 Å². The monoisotopic (exact) mass is 311 g/mol. The van der Waals surface area contributed by atoms with E-state index in [1.54, 1.807) is 6.07 Å². The molecular weight excluding hydrogens is 297 g/mol. The molecule has 20 heavy (non-hydrogen) atoms. The summed E-state index contributed by atoms with van der Waals surface area (Å²) in [4.78, 5) is 4.46. The highest BCUT2D eigenvalue weighted by Gasteiger charge is 2.30. The maximum Gasteiger partial charge on any atom is 0.231 e. The van der Waals surface area contributed by atoms with E-state index >= 15 is 0 Å². The lowest BCUT2D eigenvalue weighted by atomic mass is 10.1. The molecule has 1 saturated carbocycles. The molecule has 6 heteroatoms. The predicted molar refractivity (Wildman–Crippen MR) is 78.1 cm³/mol. The van der Waals surface area contributed by atoms with Gasteiger partial charge in [0.25, 0.3) is 0 Å². The third kappa shape index (κ3) is 2.82. The van der Waals surface area contributed by atoms with Crippen molar-refractivity contribution in [2.24, 2.45) is 5.73 Å². The van der Waals surface area contributed by atoms with Gasteiger partial charge in [-0.25, -0.2) is 0 Å². The topological polar surface area (TPSA) is 64.9 Å². The van der Waals surface area contributed by atoms with Crippen molar-refractivity contribution in [3.8, 4) is 0 Å². The second-order valence-corrected chi connectivity index (χ2v) is 5.99. The van der Waals surface area contributed by atoms with Crippen LogP contribution < -0.4 is 5.73 Å². The van der Waals surface area contributed by atoms with Gasteiger partial charge in [0.05, 0.1) is 16.0 Å². The van der Waals surface area contributed by atoms with Gasteiger partial charge in [0.15, 0.2) is 5.82 Å². The minimum Gasteiger partial charge on any atom is -0.339 e. The molecule has 0 bridgehead atoms. The number of benzene rings is 1. The molecule has 1 aromatic heterocycles. The summed E-state index contributed by atoms with van der Waals surface area (Å²) in [5.41, 5.74) is 7.05. The number of halogens is 2. The SMILES string of the molecule is NC1CCCC1c1nc(Cc2ccc(Cl)c(Cl)c2)no1. The molecule has 4 nitrogen and oxygen atoms in total. The molecule has 1 aromatic carbocycles. The maximum atomic E-state index is 6.05. The second-order valence-electron chi connectivity index (χ2n) is 5.18. The molecule has 1 aliphatic carbocycles. The van der Waals surface area contributed by atoms with E-state index in [0.29, 0.717) is 28.2 Å². The van der Waals surface area contributed by atoms with E-state index < -0.39 is 0 Å². The smallest absolute Gasteiger partial charge is 0.231 e. The van der Waals surface area contributed by atoms with Crippen molar-refractivity contribution >= 4 is 23.2 Å². The zero-order valence-electron chi connectivity index (χ0n) is 10.9. The molecule has 106 valence electrons. The number of nitrogens with zero attached hydrogens (tertiary/aromatic N) is 2. The Kier molecular flexibility index (Phi) is 3.96. The van der Waals surface area contributed by atoms with Crippen LogP contribution in [0.15, 0.2) is 22.7 Å². The van der Waals surface area contributed by atoms with Crippen LogP contribution in [0.5, 0.6) is 0 Å². The number of nitrogens with two attached hydrogens (primary N) is 1. The third-order valence-electron chi connectivity index (χ3n) is 3.72. The van der Waals surface area contributed by atoms with Gasteiger partial charge in [-0.05, 0) is 30.5 Å². The second kappa shape index (κ2) is 5.72. The molecule has 1 heterocycles. The first kappa shape index (κ1) is 13.9. The lowest BCUT2D eigenvalue weighted by molar-refractivity contribution is 0.342. The molecule has 0 amide bonds. The summed E-state index contributed by atoms with van der Waals surface area (Å²) >= 11 is 11.9. The summed E-state index contributed by atoms with van der Waals surface area (Å²) < 4.78 is 5.34. The largest absolute Gasteiger partial charge is 0.339 e. The molecule has 2 N–H and O–H groups in total. The molecule has 2 atom stereocenters. The third-order valence-corrected chi connectivity index (χ3v) is 4.46. The van der Waals surface area contributed by atoms with Gasteiger partial charge in [-0.1, -0.05) is 40.8 Å². The number of hydrogen-bond acceptors (Lipinski definition) is 4. The highest BCUT2D eigenvalue weighted by Crippen LogP contribution is 2.32. The number of rotatable bonds is 3. The standard InChI is InChI=1S/C14H15Cl2N3O/c15-10-5-4-8(6-11(10)16)7-13-18-14(20-19-13)9-2-1-3-12(9)17/h4-6,9,12H,1-3,7,17H2. The van der Waals surface area contributed by atoms with Crippen LogP contribution in [0.3, 0.4) is 0 Å². The van der Waals surface area contributed by atoms with E-state index in [1.165, 1.54) is 0 Å². The first-order valence-corrected chi connectivity index (χ1v) is 7.41. The van der Waals surface area contributed by atoms with Crippen molar-refractivity contribution < 1.29 is 4.52 Å². The van der Waals surface area contributed by atoms with Gasteiger partial charge < -0.3 is 10.3 Å². The van der Waals surface area contributed by atoms with Crippen LogP contribution in [0.2, 0.25) is 10.0 Å². The molecule has 0 radical (unpaired) electrons. The number of aromatic nitrogens is 2. The van der Waals surface area contributed by atoms with Crippen LogP contribution >= 0.6 is 23.2 Å². The van der Waals surface area contributed by atoms with Gasteiger partial charge in [0.1, 0.15) is 0 Å². The number of hydrogen-bond donors (Lipinski definition) is 1. The summed E-state index contributed by atoms with van der Waals surface area (Å²) in [5.74, 6) is 1.51. The van der Waals surface area contributed by atoms with Crippen molar-refractivity contribution in [1.82, 2.24) is 10.1 Å². The van der Waals surface area contributed by atoms with E-state index in [-0.39, 0.29) is 12.0 Å². The fraction of sp³-hybridized carbons (Fsp3) is 0.429. The lowest BCUT2D eigenvalue weighted by Gasteiger charge is -2.08.